The number of methoxy groups -OCH3 is 1. The van der Waals surface area contributed by atoms with Gasteiger partial charge in [-0.2, -0.15) is 0 Å². The molecule has 1 aliphatic heterocycles. The summed E-state index contributed by atoms with van der Waals surface area (Å²) < 4.78 is 5.16. The van der Waals surface area contributed by atoms with Crippen LogP contribution in [0.5, 0.6) is 5.75 Å². The van der Waals surface area contributed by atoms with Gasteiger partial charge in [0.2, 0.25) is 5.91 Å². The average molecular weight is 371 g/mol. The van der Waals surface area contributed by atoms with E-state index in [4.69, 9.17) is 16.3 Å². The third-order valence-corrected chi connectivity index (χ3v) is 4.45. The van der Waals surface area contributed by atoms with Crippen LogP contribution in [0.15, 0.2) is 48.3 Å². The Morgan fingerprint density at radius 2 is 2.19 bits per heavy atom. The monoisotopic (exact) mass is 370 g/mol. The van der Waals surface area contributed by atoms with E-state index < -0.39 is 0 Å². The van der Waals surface area contributed by atoms with Crippen molar-refractivity contribution in [3.63, 3.8) is 0 Å². The number of carbonyl (C=O) groups excluding carboxylic acids is 1. The Hall–Kier alpha value is -2.86. The number of halogens is 1. The van der Waals surface area contributed by atoms with Crippen molar-refractivity contribution in [3.05, 3.63) is 59.0 Å². The largest absolute Gasteiger partial charge is 0.497 e. The zero-order valence-corrected chi connectivity index (χ0v) is 15.4. The topological polar surface area (TPSA) is 76.1 Å². The quantitative estimate of drug-likeness (QED) is 0.845. The number of hydrogen-bond donors (Lipinski definition) is 2. The van der Waals surface area contributed by atoms with Gasteiger partial charge in [-0.15, -0.1) is 0 Å². The van der Waals surface area contributed by atoms with E-state index in [0.717, 1.165) is 12.1 Å². The molecule has 0 atom stereocenters. The maximum absolute atomic E-state index is 11.8. The van der Waals surface area contributed by atoms with Crippen molar-refractivity contribution in [1.82, 2.24) is 20.6 Å². The Kier molecular flexibility index (Phi) is 5.23. The molecule has 0 spiro atoms. The maximum atomic E-state index is 11.8. The highest BCUT2D eigenvalue weighted by Crippen LogP contribution is 2.29. The van der Waals surface area contributed by atoms with Crippen molar-refractivity contribution < 1.29 is 9.53 Å². The van der Waals surface area contributed by atoms with Gasteiger partial charge in [0, 0.05) is 36.0 Å². The molecule has 0 saturated heterocycles. The summed E-state index contributed by atoms with van der Waals surface area (Å²) in [7, 11) is 1.58. The molecule has 2 heterocycles. The fourth-order valence-corrected chi connectivity index (χ4v) is 2.88. The SMILES string of the molecule is C=C(NC1=C(C)C(=O)NCC1)c1ccnc(-c2ccc(OC)cc2Cl)n1. The first-order valence-corrected chi connectivity index (χ1v) is 8.48. The number of carbonyl (C=O) groups is 1. The van der Waals surface area contributed by atoms with Gasteiger partial charge in [0.1, 0.15) is 5.75 Å². The van der Waals surface area contributed by atoms with Crippen molar-refractivity contribution >= 4 is 23.2 Å². The molecule has 0 aliphatic carbocycles. The highest BCUT2D eigenvalue weighted by atomic mass is 35.5. The normalized spacial score (nSPS) is 14.0. The minimum absolute atomic E-state index is 0.0695. The van der Waals surface area contributed by atoms with Crippen LogP contribution in [-0.2, 0) is 4.79 Å². The van der Waals surface area contributed by atoms with Gasteiger partial charge in [-0.25, -0.2) is 9.97 Å². The van der Waals surface area contributed by atoms with Crippen LogP contribution < -0.4 is 15.4 Å². The molecule has 0 bridgehead atoms. The highest BCUT2D eigenvalue weighted by molar-refractivity contribution is 6.33. The van der Waals surface area contributed by atoms with Crippen LogP contribution in [0, 0.1) is 0 Å². The fraction of sp³-hybridized carbons (Fsp3) is 0.211. The predicted octanol–water partition coefficient (Wildman–Crippen LogP) is 3.16. The van der Waals surface area contributed by atoms with Crippen LogP contribution in [0.4, 0.5) is 0 Å². The summed E-state index contributed by atoms with van der Waals surface area (Å²) in [5.74, 6) is 1.09. The third-order valence-electron chi connectivity index (χ3n) is 4.14. The number of nitrogens with one attached hydrogen (secondary N) is 2. The number of benzene rings is 1. The molecule has 2 N–H and O–H groups in total. The zero-order valence-electron chi connectivity index (χ0n) is 14.6. The van der Waals surface area contributed by atoms with Gasteiger partial charge < -0.3 is 15.4 Å². The Morgan fingerprint density at radius 1 is 1.38 bits per heavy atom. The van der Waals surface area contributed by atoms with E-state index in [-0.39, 0.29) is 5.91 Å². The Labute approximate surface area is 157 Å². The average Bonchev–Trinajstić information content (AvgIpc) is 2.65. The Bertz CT molecular complexity index is 908. The lowest BCUT2D eigenvalue weighted by molar-refractivity contribution is -0.117. The molecule has 1 amide bonds. The first-order chi connectivity index (χ1) is 12.5. The standard InChI is InChI=1S/C19H19ClN4O2/c1-11-16(6-9-22-19(11)25)23-12(2)17-7-8-21-18(24-17)14-5-4-13(26-3)10-15(14)20/h4-5,7-8,10,23H,2,6,9H2,1,3H3,(H,22,25). The van der Waals surface area contributed by atoms with Crippen LogP contribution in [0.2, 0.25) is 5.02 Å². The number of rotatable bonds is 5. The van der Waals surface area contributed by atoms with E-state index in [9.17, 15) is 4.79 Å². The van der Waals surface area contributed by atoms with Crippen LogP contribution in [0.3, 0.4) is 0 Å². The molecule has 2 aromatic rings. The first-order valence-electron chi connectivity index (χ1n) is 8.11. The molecule has 1 aromatic heterocycles. The highest BCUT2D eigenvalue weighted by Gasteiger charge is 2.17. The van der Waals surface area contributed by atoms with Gasteiger partial charge in [-0.3, -0.25) is 4.79 Å². The molecular weight excluding hydrogens is 352 g/mol. The maximum Gasteiger partial charge on any atom is 0.248 e. The number of hydrogen-bond acceptors (Lipinski definition) is 5. The lowest BCUT2D eigenvalue weighted by atomic mass is 10.1. The molecular formula is C19H19ClN4O2. The summed E-state index contributed by atoms with van der Waals surface area (Å²) in [6.07, 6.45) is 2.37. The number of aromatic nitrogens is 2. The van der Waals surface area contributed by atoms with Crippen LogP contribution in [0.25, 0.3) is 17.1 Å². The van der Waals surface area contributed by atoms with Crippen LogP contribution >= 0.6 is 11.6 Å². The lowest BCUT2D eigenvalue weighted by Gasteiger charge is -2.20. The van der Waals surface area contributed by atoms with E-state index in [2.05, 4.69) is 27.2 Å². The molecule has 0 radical (unpaired) electrons. The minimum Gasteiger partial charge on any atom is -0.497 e. The molecule has 134 valence electrons. The van der Waals surface area contributed by atoms with Crippen LogP contribution in [0.1, 0.15) is 19.0 Å². The number of ether oxygens (including phenoxy) is 1. The minimum atomic E-state index is -0.0695. The Morgan fingerprint density at radius 3 is 2.92 bits per heavy atom. The molecule has 26 heavy (non-hydrogen) atoms. The summed E-state index contributed by atoms with van der Waals surface area (Å²) in [5.41, 5.74) is 3.44. The first kappa shape index (κ1) is 17.9. The number of amides is 1. The molecule has 6 nitrogen and oxygen atoms in total. The van der Waals surface area contributed by atoms with E-state index in [1.165, 1.54) is 0 Å². The summed E-state index contributed by atoms with van der Waals surface area (Å²) in [6.45, 7) is 6.43. The summed E-state index contributed by atoms with van der Waals surface area (Å²) in [6, 6.07) is 7.09. The number of nitrogens with zero attached hydrogens (tertiary/aromatic N) is 2. The molecule has 1 aliphatic rings. The predicted molar refractivity (Wildman–Crippen MR) is 102 cm³/mol. The lowest BCUT2D eigenvalue weighted by Crippen LogP contribution is -2.34. The van der Waals surface area contributed by atoms with Crippen molar-refractivity contribution in [3.8, 4) is 17.1 Å². The molecule has 1 aromatic carbocycles. The van der Waals surface area contributed by atoms with Gasteiger partial charge in [-0.1, -0.05) is 18.2 Å². The van der Waals surface area contributed by atoms with Gasteiger partial charge >= 0.3 is 0 Å². The zero-order chi connectivity index (χ0) is 18.7. The summed E-state index contributed by atoms with van der Waals surface area (Å²) in [4.78, 5) is 20.6. The second-order valence-corrected chi connectivity index (χ2v) is 6.23. The van der Waals surface area contributed by atoms with E-state index in [1.807, 2.05) is 6.07 Å². The van der Waals surface area contributed by atoms with Crippen molar-refractivity contribution in [2.75, 3.05) is 13.7 Å². The van der Waals surface area contributed by atoms with E-state index >= 15 is 0 Å². The Balaban J connectivity index is 1.86. The smallest absolute Gasteiger partial charge is 0.248 e. The third kappa shape index (κ3) is 3.70. The van der Waals surface area contributed by atoms with Gasteiger partial charge in [-0.05, 0) is 31.2 Å². The molecule has 0 fully saturated rings. The van der Waals surface area contributed by atoms with Crippen molar-refractivity contribution in [2.24, 2.45) is 0 Å². The molecule has 0 unspecified atom stereocenters. The second-order valence-electron chi connectivity index (χ2n) is 5.82. The van der Waals surface area contributed by atoms with Crippen LogP contribution in [-0.4, -0.2) is 29.5 Å². The van der Waals surface area contributed by atoms with Crippen molar-refractivity contribution in [2.45, 2.75) is 13.3 Å². The molecule has 3 rings (SSSR count). The van der Waals surface area contributed by atoms with Crippen molar-refractivity contribution in [1.29, 1.82) is 0 Å². The summed E-state index contributed by atoms with van der Waals surface area (Å²) >= 11 is 6.32. The fourth-order valence-electron chi connectivity index (χ4n) is 2.62. The van der Waals surface area contributed by atoms with Gasteiger partial charge in [0.25, 0.3) is 0 Å². The molecule has 7 heteroatoms. The van der Waals surface area contributed by atoms with E-state index in [1.54, 1.807) is 38.4 Å². The van der Waals surface area contributed by atoms with Gasteiger partial charge in [0.15, 0.2) is 5.82 Å². The van der Waals surface area contributed by atoms with E-state index in [0.29, 0.717) is 45.7 Å². The van der Waals surface area contributed by atoms with Gasteiger partial charge in [0.05, 0.1) is 23.5 Å². The second kappa shape index (κ2) is 7.58. The summed E-state index contributed by atoms with van der Waals surface area (Å²) in [5, 5.41) is 6.51. The molecule has 0 saturated carbocycles.